The Morgan fingerprint density at radius 1 is 1.30 bits per heavy atom. The number of benzene rings is 1. The summed E-state index contributed by atoms with van der Waals surface area (Å²) in [4.78, 5) is 12.3. The van der Waals surface area contributed by atoms with Crippen LogP contribution in [0.25, 0.3) is 0 Å². The van der Waals surface area contributed by atoms with Crippen LogP contribution < -0.4 is 10.6 Å². The van der Waals surface area contributed by atoms with E-state index in [0.29, 0.717) is 16.3 Å². The number of ether oxygens (including phenoxy) is 1. The van der Waals surface area contributed by atoms with Gasteiger partial charge < -0.3 is 15.4 Å². The van der Waals surface area contributed by atoms with Crippen molar-refractivity contribution >= 4 is 28.9 Å². The van der Waals surface area contributed by atoms with Crippen molar-refractivity contribution in [2.75, 3.05) is 19.0 Å². The first-order valence-electron chi connectivity index (χ1n) is 6.49. The zero-order valence-corrected chi connectivity index (χ0v) is 12.8. The van der Waals surface area contributed by atoms with Gasteiger partial charge in [-0.05, 0) is 25.5 Å². The van der Waals surface area contributed by atoms with E-state index in [-0.39, 0.29) is 0 Å². The van der Waals surface area contributed by atoms with Crippen molar-refractivity contribution < 1.29 is 9.53 Å². The molecule has 0 bridgehead atoms. The monoisotopic (exact) mass is 292 g/mol. The summed E-state index contributed by atoms with van der Waals surface area (Å²) in [5.41, 5.74) is 1.91. The second-order valence-electron chi connectivity index (χ2n) is 4.24. The fraction of sp³-hybridized carbons (Fsp3) is 0.333. The van der Waals surface area contributed by atoms with Crippen molar-refractivity contribution in [3.63, 3.8) is 0 Å². The molecule has 5 heteroatoms. The zero-order chi connectivity index (χ0) is 15.0. The third kappa shape index (κ3) is 4.66. The molecule has 0 aliphatic heterocycles. The Morgan fingerprint density at radius 2 is 1.95 bits per heavy atom. The molecule has 0 amide bonds. The molecule has 0 atom stereocenters. The van der Waals surface area contributed by atoms with Crippen molar-refractivity contribution in [3.8, 4) is 0 Å². The Hall–Kier alpha value is -1.88. The number of anilines is 1. The standard InChI is InChI=1S/C15H20N2O2S/c1-4-10-16-11(2)13(15(18)19-3)14(20)17-12-8-6-5-7-9-12/h5-9,16H,4,10H2,1-3H3,(H,17,20)/b13-11-. The summed E-state index contributed by atoms with van der Waals surface area (Å²) in [6.07, 6.45) is 0.963. The lowest BCUT2D eigenvalue weighted by Crippen LogP contribution is -2.26. The van der Waals surface area contributed by atoms with E-state index in [0.717, 1.165) is 18.7 Å². The van der Waals surface area contributed by atoms with Crippen molar-refractivity contribution in [2.24, 2.45) is 0 Å². The summed E-state index contributed by atoms with van der Waals surface area (Å²) < 4.78 is 4.81. The zero-order valence-electron chi connectivity index (χ0n) is 12.0. The van der Waals surface area contributed by atoms with Crippen LogP contribution in [0.5, 0.6) is 0 Å². The van der Waals surface area contributed by atoms with Gasteiger partial charge in [-0.15, -0.1) is 0 Å². The minimum Gasteiger partial charge on any atom is -0.465 e. The number of methoxy groups -OCH3 is 1. The van der Waals surface area contributed by atoms with Crippen LogP contribution in [0.15, 0.2) is 41.6 Å². The van der Waals surface area contributed by atoms with Gasteiger partial charge in [-0.2, -0.15) is 0 Å². The highest BCUT2D eigenvalue weighted by molar-refractivity contribution is 7.81. The quantitative estimate of drug-likeness (QED) is 0.480. The summed E-state index contributed by atoms with van der Waals surface area (Å²) in [5.74, 6) is -0.445. The number of esters is 1. The van der Waals surface area contributed by atoms with Crippen LogP contribution in [-0.2, 0) is 9.53 Å². The van der Waals surface area contributed by atoms with Crippen LogP contribution >= 0.6 is 12.2 Å². The van der Waals surface area contributed by atoms with E-state index in [1.807, 2.05) is 37.3 Å². The molecular weight excluding hydrogens is 272 g/mol. The molecule has 0 aliphatic carbocycles. The summed E-state index contributed by atoms with van der Waals surface area (Å²) in [6.45, 7) is 4.65. The molecule has 0 aromatic heterocycles. The van der Waals surface area contributed by atoms with Gasteiger partial charge >= 0.3 is 5.97 Å². The lowest BCUT2D eigenvalue weighted by Gasteiger charge is -2.14. The molecule has 0 aliphatic rings. The van der Waals surface area contributed by atoms with E-state index in [2.05, 4.69) is 17.6 Å². The topological polar surface area (TPSA) is 50.4 Å². The van der Waals surface area contributed by atoms with Gasteiger partial charge in [0.1, 0.15) is 10.6 Å². The van der Waals surface area contributed by atoms with Crippen LogP contribution in [0.3, 0.4) is 0 Å². The highest BCUT2D eigenvalue weighted by Gasteiger charge is 2.18. The predicted octanol–water partition coefficient (Wildman–Crippen LogP) is 2.87. The van der Waals surface area contributed by atoms with Gasteiger partial charge in [0.25, 0.3) is 0 Å². The van der Waals surface area contributed by atoms with E-state index in [9.17, 15) is 4.79 Å². The minimum absolute atomic E-state index is 0.351. The van der Waals surface area contributed by atoms with E-state index in [1.165, 1.54) is 7.11 Å². The fourth-order valence-corrected chi connectivity index (χ4v) is 1.99. The number of thiocarbonyl (C=S) groups is 1. The third-order valence-corrected chi connectivity index (χ3v) is 2.97. The van der Waals surface area contributed by atoms with Gasteiger partial charge in [0.2, 0.25) is 0 Å². The molecule has 0 saturated carbocycles. The number of hydrogen-bond acceptors (Lipinski definition) is 4. The highest BCUT2D eigenvalue weighted by Crippen LogP contribution is 2.12. The molecule has 0 spiro atoms. The molecule has 1 rings (SSSR count). The Bertz CT molecular complexity index is 498. The lowest BCUT2D eigenvalue weighted by atomic mass is 10.2. The Kier molecular flexibility index (Phi) is 6.73. The lowest BCUT2D eigenvalue weighted by molar-refractivity contribution is -0.135. The number of hydrogen-bond donors (Lipinski definition) is 2. The van der Waals surface area contributed by atoms with Gasteiger partial charge in [-0.1, -0.05) is 37.3 Å². The largest absolute Gasteiger partial charge is 0.465 e. The molecule has 1 aromatic rings. The van der Waals surface area contributed by atoms with Crippen molar-refractivity contribution in [2.45, 2.75) is 20.3 Å². The Balaban J connectivity index is 2.93. The molecule has 20 heavy (non-hydrogen) atoms. The van der Waals surface area contributed by atoms with Crippen LogP contribution in [-0.4, -0.2) is 24.6 Å². The number of carbonyl (C=O) groups excluding carboxylic acids is 1. The molecule has 1 aromatic carbocycles. The van der Waals surface area contributed by atoms with E-state index in [1.54, 1.807) is 0 Å². The number of allylic oxidation sites excluding steroid dienone is 1. The smallest absolute Gasteiger partial charge is 0.342 e. The van der Waals surface area contributed by atoms with Gasteiger partial charge in [-0.3, -0.25) is 0 Å². The second-order valence-corrected chi connectivity index (χ2v) is 4.65. The second kappa shape index (κ2) is 8.32. The molecule has 0 fully saturated rings. The van der Waals surface area contributed by atoms with Crippen molar-refractivity contribution in [1.29, 1.82) is 0 Å². The highest BCUT2D eigenvalue weighted by atomic mass is 32.1. The summed E-state index contributed by atoms with van der Waals surface area (Å²) in [5, 5.41) is 6.21. The minimum atomic E-state index is -0.445. The average molecular weight is 292 g/mol. The van der Waals surface area contributed by atoms with E-state index in [4.69, 9.17) is 17.0 Å². The van der Waals surface area contributed by atoms with Gasteiger partial charge in [0, 0.05) is 17.9 Å². The predicted molar refractivity (Wildman–Crippen MR) is 85.7 cm³/mol. The van der Waals surface area contributed by atoms with Gasteiger partial charge in [0.05, 0.1) is 7.11 Å². The van der Waals surface area contributed by atoms with Crippen molar-refractivity contribution in [3.05, 3.63) is 41.6 Å². The molecule has 0 heterocycles. The third-order valence-electron chi connectivity index (χ3n) is 2.66. The maximum Gasteiger partial charge on any atom is 0.342 e. The maximum atomic E-state index is 11.9. The summed E-state index contributed by atoms with van der Waals surface area (Å²) >= 11 is 5.32. The molecule has 4 nitrogen and oxygen atoms in total. The number of para-hydroxylation sites is 1. The van der Waals surface area contributed by atoms with Gasteiger partial charge in [-0.25, -0.2) is 4.79 Å². The molecule has 0 unspecified atom stereocenters. The van der Waals surface area contributed by atoms with Gasteiger partial charge in [0.15, 0.2) is 0 Å². The molecular formula is C15H20N2O2S. The van der Waals surface area contributed by atoms with Crippen LogP contribution in [0, 0.1) is 0 Å². The molecule has 0 saturated heterocycles. The normalized spacial score (nSPS) is 11.3. The van der Waals surface area contributed by atoms with Crippen molar-refractivity contribution in [1.82, 2.24) is 5.32 Å². The molecule has 108 valence electrons. The first-order chi connectivity index (χ1) is 9.60. The maximum absolute atomic E-state index is 11.9. The molecule has 0 radical (unpaired) electrons. The van der Waals surface area contributed by atoms with Crippen LogP contribution in [0.1, 0.15) is 20.3 Å². The van der Waals surface area contributed by atoms with E-state index >= 15 is 0 Å². The summed E-state index contributed by atoms with van der Waals surface area (Å²) in [7, 11) is 1.35. The van der Waals surface area contributed by atoms with Crippen LogP contribution in [0.2, 0.25) is 0 Å². The average Bonchev–Trinajstić information content (AvgIpc) is 2.46. The summed E-state index contributed by atoms with van der Waals surface area (Å²) in [6, 6.07) is 9.48. The number of carbonyl (C=O) groups is 1. The van der Waals surface area contributed by atoms with E-state index < -0.39 is 5.97 Å². The number of rotatable bonds is 6. The molecule has 2 N–H and O–H groups in total. The first kappa shape index (κ1) is 16.2. The fourth-order valence-electron chi connectivity index (χ4n) is 1.63. The Morgan fingerprint density at radius 3 is 2.50 bits per heavy atom. The first-order valence-corrected chi connectivity index (χ1v) is 6.90. The Labute approximate surface area is 125 Å². The van der Waals surface area contributed by atoms with Crippen LogP contribution in [0.4, 0.5) is 5.69 Å². The SMILES string of the molecule is CCCN/C(C)=C(\C(=O)OC)C(=S)Nc1ccccc1. The number of nitrogens with one attached hydrogen (secondary N) is 2.